The number of fused-ring (bicyclic) bond motifs is 3. The van der Waals surface area contributed by atoms with Gasteiger partial charge in [-0.15, -0.1) is 10.2 Å². The number of nitrogens with zero attached hydrogens (tertiary/aromatic N) is 3. The molecule has 4 heteroatoms. The minimum absolute atomic E-state index is 0.295. The van der Waals surface area contributed by atoms with Crippen molar-refractivity contribution in [2.75, 3.05) is 0 Å². The lowest BCUT2D eigenvalue weighted by Gasteiger charge is -2.00. The van der Waals surface area contributed by atoms with Crippen LogP contribution in [-0.2, 0) is 0 Å². The van der Waals surface area contributed by atoms with Gasteiger partial charge in [-0.25, -0.2) is 4.98 Å². The zero-order valence-electron chi connectivity index (χ0n) is 9.23. The first-order valence-electron chi connectivity index (χ1n) is 5.37. The molecule has 0 fully saturated rings. The summed E-state index contributed by atoms with van der Waals surface area (Å²) in [6.07, 6.45) is 0. The van der Waals surface area contributed by atoms with Gasteiger partial charge in [0.25, 0.3) is 0 Å². The van der Waals surface area contributed by atoms with Crippen LogP contribution in [-0.4, -0.2) is 20.2 Å². The third kappa shape index (κ3) is 1.26. The van der Waals surface area contributed by atoms with E-state index in [-0.39, 0.29) is 0 Å². The molecule has 0 radical (unpaired) electrons. The Morgan fingerprint density at radius 1 is 1.12 bits per heavy atom. The molecule has 1 aromatic carbocycles. The van der Waals surface area contributed by atoms with Gasteiger partial charge in [0.05, 0.1) is 0 Å². The number of benzene rings is 1. The van der Waals surface area contributed by atoms with E-state index in [9.17, 15) is 0 Å². The number of para-hydroxylation sites is 1. The molecule has 2 heterocycles. The molecule has 3 rings (SSSR count). The Bertz CT molecular complexity index is 654. The van der Waals surface area contributed by atoms with Crippen LogP contribution in [0.4, 0.5) is 0 Å². The van der Waals surface area contributed by atoms with E-state index in [2.05, 4.69) is 34.0 Å². The fraction of sp³-hybridized carbons (Fsp3) is 0.250. The van der Waals surface area contributed by atoms with Gasteiger partial charge in [0.2, 0.25) is 0 Å². The smallest absolute Gasteiger partial charge is 0.161 e. The molecule has 0 bridgehead atoms. The molecule has 1 N–H and O–H groups in total. The first kappa shape index (κ1) is 9.27. The monoisotopic (exact) mass is 212 g/mol. The van der Waals surface area contributed by atoms with E-state index in [4.69, 9.17) is 0 Å². The summed E-state index contributed by atoms with van der Waals surface area (Å²) in [4.78, 5) is 7.74. The second kappa shape index (κ2) is 3.27. The number of aromatic amines is 1. The Kier molecular flexibility index (Phi) is 1.89. The van der Waals surface area contributed by atoms with E-state index in [1.54, 1.807) is 0 Å². The predicted molar refractivity (Wildman–Crippen MR) is 63.3 cm³/mol. The van der Waals surface area contributed by atoms with Gasteiger partial charge in [-0.05, 0) is 6.07 Å². The van der Waals surface area contributed by atoms with Crippen LogP contribution in [0, 0.1) is 0 Å². The molecule has 0 saturated heterocycles. The van der Waals surface area contributed by atoms with Gasteiger partial charge in [-0.2, -0.15) is 0 Å². The molecule has 0 aliphatic carbocycles. The van der Waals surface area contributed by atoms with E-state index in [1.165, 1.54) is 0 Å². The highest BCUT2D eigenvalue weighted by Gasteiger charge is 2.09. The molecule has 0 aliphatic rings. The van der Waals surface area contributed by atoms with Crippen molar-refractivity contribution in [3.8, 4) is 0 Å². The maximum Gasteiger partial charge on any atom is 0.161 e. The van der Waals surface area contributed by atoms with Crippen molar-refractivity contribution in [2.45, 2.75) is 19.8 Å². The van der Waals surface area contributed by atoms with E-state index in [1.807, 2.05) is 24.3 Å². The Morgan fingerprint density at radius 2 is 1.94 bits per heavy atom. The molecule has 0 spiro atoms. The lowest BCUT2D eigenvalue weighted by Crippen LogP contribution is -1.99. The van der Waals surface area contributed by atoms with Gasteiger partial charge in [-0.3, -0.25) is 0 Å². The highest BCUT2D eigenvalue weighted by atomic mass is 15.2. The fourth-order valence-corrected chi connectivity index (χ4v) is 1.78. The Labute approximate surface area is 92.7 Å². The van der Waals surface area contributed by atoms with Gasteiger partial charge in [0.15, 0.2) is 11.5 Å². The third-order valence-electron chi connectivity index (χ3n) is 2.65. The average Bonchev–Trinajstić information content (AvgIpc) is 2.66. The van der Waals surface area contributed by atoms with Crippen LogP contribution in [0.2, 0.25) is 0 Å². The normalized spacial score (nSPS) is 11.7. The van der Waals surface area contributed by atoms with Crippen LogP contribution in [0.5, 0.6) is 0 Å². The summed E-state index contributed by atoms with van der Waals surface area (Å²) >= 11 is 0. The molecule has 80 valence electrons. The SMILES string of the molecule is CC(C)c1nnc2c(n1)[nH]c1ccccc12. The number of H-pyrrole nitrogens is 1. The summed E-state index contributed by atoms with van der Waals surface area (Å²) in [5, 5.41) is 9.47. The number of nitrogens with one attached hydrogen (secondary N) is 1. The van der Waals surface area contributed by atoms with E-state index in [0.717, 1.165) is 27.9 Å². The summed E-state index contributed by atoms with van der Waals surface area (Å²) in [5.41, 5.74) is 2.72. The van der Waals surface area contributed by atoms with Crippen molar-refractivity contribution >= 4 is 22.1 Å². The van der Waals surface area contributed by atoms with Crippen LogP contribution in [0.3, 0.4) is 0 Å². The van der Waals surface area contributed by atoms with Gasteiger partial charge >= 0.3 is 0 Å². The molecule has 2 aromatic heterocycles. The van der Waals surface area contributed by atoms with E-state index >= 15 is 0 Å². The standard InChI is InChI=1S/C12H12N4/c1-7(2)11-14-12-10(15-16-11)8-5-3-4-6-9(8)13-12/h3-7H,1-2H3,(H,13,14,16). The van der Waals surface area contributed by atoms with Crippen LogP contribution < -0.4 is 0 Å². The van der Waals surface area contributed by atoms with Crippen molar-refractivity contribution < 1.29 is 0 Å². The Balaban J connectivity index is 2.37. The first-order chi connectivity index (χ1) is 7.75. The minimum Gasteiger partial charge on any atom is -0.338 e. The molecule has 0 atom stereocenters. The molecule has 16 heavy (non-hydrogen) atoms. The summed E-state index contributed by atoms with van der Waals surface area (Å²) in [6.45, 7) is 4.12. The zero-order chi connectivity index (χ0) is 11.1. The lowest BCUT2D eigenvalue weighted by molar-refractivity contribution is 0.750. The van der Waals surface area contributed by atoms with Gasteiger partial charge < -0.3 is 4.98 Å². The van der Waals surface area contributed by atoms with E-state index in [0.29, 0.717) is 5.92 Å². The maximum absolute atomic E-state index is 4.48. The number of hydrogen-bond acceptors (Lipinski definition) is 3. The molecule has 0 saturated carbocycles. The Hall–Kier alpha value is -1.97. The van der Waals surface area contributed by atoms with Crippen molar-refractivity contribution in [1.29, 1.82) is 0 Å². The molecule has 0 aliphatic heterocycles. The largest absolute Gasteiger partial charge is 0.338 e. The summed E-state index contributed by atoms with van der Waals surface area (Å²) in [6, 6.07) is 8.04. The van der Waals surface area contributed by atoms with Crippen LogP contribution in [0.1, 0.15) is 25.6 Å². The zero-order valence-corrected chi connectivity index (χ0v) is 9.23. The average molecular weight is 212 g/mol. The second-order valence-electron chi connectivity index (χ2n) is 4.19. The van der Waals surface area contributed by atoms with Crippen molar-refractivity contribution in [3.05, 3.63) is 30.1 Å². The van der Waals surface area contributed by atoms with Crippen LogP contribution in [0.25, 0.3) is 22.1 Å². The summed E-state index contributed by atoms with van der Waals surface area (Å²) in [5.74, 6) is 1.07. The van der Waals surface area contributed by atoms with E-state index < -0.39 is 0 Å². The molecule has 0 amide bonds. The second-order valence-corrected chi connectivity index (χ2v) is 4.19. The van der Waals surface area contributed by atoms with Crippen molar-refractivity contribution in [3.63, 3.8) is 0 Å². The van der Waals surface area contributed by atoms with Crippen molar-refractivity contribution in [2.24, 2.45) is 0 Å². The summed E-state index contributed by atoms with van der Waals surface area (Å²) in [7, 11) is 0. The highest BCUT2D eigenvalue weighted by Crippen LogP contribution is 2.22. The molecular formula is C12H12N4. The summed E-state index contributed by atoms with van der Waals surface area (Å²) < 4.78 is 0. The lowest BCUT2D eigenvalue weighted by atomic mass is 10.2. The number of rotatable bonds is 1. The predicted octanol–water partition coefficient (Wildman–Crippen LogP) is 2.63. The first-order valence-corrected chi connectivity index (χ1v) is 5.37. The van der Waals surface area contributed by atoms with Gasteiger partial charge in [-0.1, -0.05) is 32.0 Å². The van der Waals surface area contributed by atoms with Crippen LogP contribution in [0.15, 0.2) is 24.3 Å². The van der Waals surface area contributed by atoms with Crippen LogP contribution >= 0.6 is 0 Å². The quantitative estimate of drug-likeness (QED) is 0.674. The van der Waals surface area contributed by atoms with Crippen molar-refractivity contribution in [1.82, 2.24) is 20.2 Å². The van der Waals surface area contributed by atoms with Gasteiger partial charge in [0.1, 0.15) is 5.52 Å². The van der Waals surface area contributed by atoms with Gasteiger partial charge in [0, 0.05) is 16.8 Å². The maximum atomic E-state index is 4.48. The minimum atomic E-state index is 0.295. The highest BCUT2D eigenvalue weighted by molar-refractivity contribution is 6.02. The molecule has 3 aromatic rings. The fourth-order valence-electron chi connectivity index (χ4n) is 1.78. The molecule has 0 unspecified atom stereocenters. The third-order valence-corrected chi connectivity index (χ3v) is 2.65. The molecule has 4 nitrogen and oxygen atoms in total. The topological polar surface area (TPSA) is 54.5 Å². The Morgan fingerprint density at radius 3 is 2.75 bits per heavy atom. The number of aromatic nitrogens is 4. The molecular weight excluding hydrogens is 200 g/mol. The number of hydrogen-bond donors (Lipinski definition) is 1.